The number of nitrogens with zero attached hydrogens (tertiary/aromatic N) is 5. The molecule has 1 fully saturated rings. The van der Waals surface area contributed by atoms with Crippen molar-refractivity contribution in [1.29, 1.82) is 0 Å². The van der Waals surface area contributed by atoms with Crippen LogP contribution < -0.4 is 5.32 Å². The van der Waals surface area contributed by atoms with E-state index in [2.05, 4.69) is 15.3 Å². The molecule has 0 spiro atoms. The van der Waals surface area contributed by atoms with Crippen molar-refractivity contribution in [3.8, 4) is 0 Å². The second-order valence-electron chi connectivity index (χ2n) is 8.02. The normalized spacial score (nSPS) is 15.9. The number of halogens is 5. The molecule has 0 aliphatic carbocycles. The average molecular weight is 482 g/mol. The molecule has 0 unspecified atom stereocenters. The van der Waals surface area contributed by atoms with E-state index in [1.807, 2.05) is 0 Å². The first-order valence-corrected chi connectivity index (χ1v) is 10.7. The van der Waals surface area contributed by atoms with E-state index in [-0.39, 0.29) is 29.7 Å². The topological polar surface area (TPSA) is 65.8 Å². The van der Waals surface area contributed by atoms with Crippen molar-refractivity contribution in [1.82, 2.24) is 24.2 Å². The van der Waals surface area contributed by atoms with Gasteiger partial charge in [0.05, 0.1) is 18.2 Å². The largest absolute Gasteiger partial charge is 0.349 e. The van der Waals surface area contributed by atoms with E-state index in [0.717, 1.165) is 6.07 Å². The van der Waals surface area contributed by atoms with Crippen molar-refractivity contribution in [3.63, 3.8) is 0 Å². The number of aromatic nitrogens is 3. The van der Waals surface area contributed by atoms with Gasteiger partial charge in [-0.15, -0.1) is 0 Å². The molecule has 0 bridgehead atoms. The fourth-order valence-corrected chi connectivity index (χ4v) is 3.96. The Bertz CT molecular complexity index is 1160. The zero-order chi connectivity index (χ0) is 24.4. The van der Waals surface area contributed by atoms with Crippen LogP contribution in [0.5, 0.6) is 0 Å². The Labute approximate surface area is 192 Å². The van der Waals surface area contributed by atoms with Crippen LogP contribution in [0.2, 0.25) is 0 Å². The van der Waals surface area contributed by atoms with E-state index in [1.54, 1.807) is 22.8 Å². The zero-order valence-electron chi connectivity index (χ0n) is 18.3. The molecule has 3 aromatic rings. The average Bonchev–Trinajstić information content (AvgIpc) is 3.24. The molecule has 7 nitrogen and oxygen atoms in total. The van der Waals surface area contributed by atoms with Crippen molar-refractivity contribution in [2.45, 2.75) is 25.8 Å². The molecule has 1 amide bonds. The Morgan fingerprint density at radius 1 is 1.09 bits per heavy atom. The van der Waals surface area contributed by atoms with Crippen LogP contribution in [0, 0.1) is 5.82 Å². The standard InChI is InChI=1S/C22H23F5N6O/c1-13(14-3-2-4-15(19(14)25)20(26)27)29-22-28-6-5-18-30-16(11-33(18)22)21(34)32-9-7-31(8-10-32)12-17(23)24/h2-6,11,13,17,20H,7-10,12H2,1H3,(H,28,29)/t13-/m1/s1. The highest BCUT2D eigenvalue weighted by atomic mass is 19.3. The first-order valence-electron chi connectivity index (χ1n) is 10.7. The smallest absolute Gasteiger partial charge is 0.274 e. The van der Waals surface area contributed by atoms with Crippen LogP contribution in [-0.2, 0) is 0 Å². The number of nitrogens with one attached hydrogen (secondary N) is 1. The molecule has 1 aliphatic rings. The lowest BCUT2D eigenvalue weighted by molar-refractivity contribution is 0.0455. The Morgan fingerprint density at radius 3 is 2.47 bits per heavy atom. The third-order valence-corrected chi connectivity index (χ3v) is 5.76. The highest BCUT2D eigenvalue weighted by Gasteiger charge is 2.26. The number of anilines is 1. The molecular formula is C22H23F5N6O. The van der Waals surface area contributed by atoms with Crippen LogP contribution in [0.4, 0.5) is 27.9 Å². The molecule has 4 rings (SSSR count). The fraction of sp³-hybridized carbons (Fsp3) is 0.409. The lowest BCUT2D eigenvalue weighted by atomic mass is 10.0. The number of hydrogen-bond acceptors (Lipinski definition) is 5. The molecule has 1 saturated heterocycles. The molecule has 1 aliphatic heterocycles. The molecule has 0 radical (unpaired) electrons. The number of carbonyl (C=O) groups is 1. The molecule has 182 valence electrons. The van der Waals surface area contributed by atoms with Gasteiger partial charge in [0.15, 0.2) is 0 Å². The third kappa shape index (κ3) is 4.96. The van der Waals surface area contributed by atoms with Gasteiger partial charge in [0, 0.05) is 44.1 Å². The quantitative estimate of drug-likeness (QED) is 0.516. The fourth-order valence-electron chi connectivity index (χ4n) is 3.96. The Morgan fingerprint density at radius 2 is 1.79 bits per heavy atom. The minimum Gasteiger partial charge on any atom is -0.349 e. The summed E-state index contributed by atoms with van der Waals surface area (Å²) in [7, 11) is 0. The van der Waals surface area contributed by atoms with E-state index in [4.69, 9.17) is 0 Å². The van der Waals surface area contributed by atoms with Gasteiger partial charge in [-0.05, 0) is 13.0 Å². The molecule has 0 saturated carbocycles. The van der Waals surface area contributed by atoms with E-state index in [0.29, 0.717) is 31.8 Å². The van der Waals surface area contributed by atoms with Gasteiger partial charge in [-0.1, -0.05) is 18.2 Å². The summed E-state index contributed by atoms with van der Waals surface area (Å²) >= 11 is 0. The summed E-state index contributed by atoms with van der Waals surface area (Å²) in [5.74, 6) is -1.08. The predicted molar refractivity (Wildman–Crippen MR) is 115 cm³/mol. The highest BCUT2D eigenvalue weighted by molar-refractivity contribution is 5.93. The SMILES string of the molecule is C[C@@H](Nc1nccc2nc(C(=O)N3CCN(CC(F)F)CC3)cn12)c1cccc(C(F)F)c1F. The van der Waals surface area contributed by atoms with Crippen molar-refractivity contribution in [3.05, 3.63) is 59.3 Å². The maximum Gasteiger partial charge on any atom is 0.274 e. The molecule has 34 heavy (non-hydrogen) atoms. The maximum atomic E-state index is 14.5. The second-order valence-corrected chi connectivity index (χ2v) is 8.02. The van der Waals surface area contributed by atoms with Crippen LogP contribution in [0.3, 0.4) is 0 Å². The maximum absolute atomic E-state index is 14.5. The number of imidazole rings is 1. The molecule has 1 aromatic carbocycles. The van der Waals surface area contributed by atoms with E-state index in [1.165, 1.54) is 28.9 Å². The van der Waals surface area contributed by atoms with E-state index >= 15 is 0 Å². The first-order chi connectivity index (χ1) is 16.2. The Balaban J connectivity index is 1.52. The monoisotopic (exact) mass is 482 g/mol. The molecule has 1 atom stereocenters. The number of carbonyl (C=O) groups excluding carboxylic acids is 1. The number of amides is 1. The molecule has 12 heteroatoms. The van der Waals surface area contributed by atoms with Gasteiger partial charge in [-0.3, -0.25) is 14.1 Å². The number of fused-ring (bicyclic) bond motifs is 1. The van der Waals surface area contributed by atoms with Gasteiger partial charge in [0.25, 0.3) is 18.8 Å². The van der Waals surface area contributed by atoms with Gasteiger partial charge < -0.3 is 10.2 Å². The molecular weight excluding hydrogens is 459 g/mol. The zero-order valence-corrected chi connectivity index (χ0v) is 18.3. The minimum absolute atomic E-state index is 0.0506. The van der Waals surface area contributed by atoms with Crippen LogP contribution in [0.15, 0.2) is 36.7 Å². The summed E-state index contributed by atoms with van der Waals surface area (Å²) in [6.07, 6.45) is -2.42. The van der Waals surface area contributed by atoms with Crippen LogP contribution in [-0.4, -0.2) is 69.2 Å². The number of alkyl halides is 4. The molecule has 2 aromatic heterocycles. The summed E-state index contributed by atoms with van der Waals surface area (Å²) in [5, 5.41) is 2.99. The third-order valence-electron chi connectivity index (χ3n) is 5.76. The summed E-state index contributed by atoms with van der Waals surface area (Å²) in [6.45, 7) is 2.59. The Kier molecular flexibility index (Phi) is 6.96. The number of piperazine rings is 1. The molecule has 1 N–H and O–H groups in total. The molecule has 3 heterocycles. The number of rotatable bonds is 7. The van der Waals surface area contributed by atoms with E-state index < -0.39 is 30.3 Å². The summed E-state index contributed by atoms with van der Waals surface area (Å²) < 4.78 is 67.3. The minimum atomic E-state index is -2.94. The highest BCUT2D eigenvalue weighted by Crippen LogP contribution is 2.28. The van der Waals surface area contributed by atoms with Crippen molar-refractivity contribution in [2.24, 2.45) is 0 Å². The second kappa shape index (κ2) is 9.92. The first kappa shape index (κ1) is 23.9. The lowest BCUT2D eigenvalue weighted by Crippen LogP contribution is -2.49. The van der Waals surface area contributed by atoms with Crippen LogP contribution in [0.1, 0.15) is 41.0 Å². The number of benzene rings is 1. The van der Waals surface area contributed by atoms with Crippen molar-refractivity contribution >= 4 is 17.5 Å². The van der Waals surface area contributed by atoms with Gasteiger partial charge in [-0.25, -0.2) is 31.9 Å². The predicted octanol–water partition coefficient (Wildman–Crippen LogP) is 4.00. The number of hydrogen-bond donors (Lipinski definition) is 1. The van der Waals surface area contributed by atoms with Gasteiger partial charge in [0.2, 0.25) is 5.95 Å². The van der Waals surface area contributed by atoms with Gasteiger partial charge in [0.1, 0.15) is 17.2 Å². The summed E-state index contributed by atoms with van der Waals surface area (Å²) in [4.78, 5) is 24.6. The van der Waals surface area contributed by atoms with Crippen molar-refractivity contribution in [2.75, 3.05) is 38.0 Å². The summed E-state index contributed by atoms with van der Waals surface area (Å²) in [6, 6.07) is 4.69. The van der Waals surface area contributed by atoms with Crippen LogP contribution >= 0.6 is 0 Å². The summed E-state index contributed by atoms with van der Waals surface area (Å²) in [5.41, 5.74) is -0.0701. The van der Waals surface area contributed by atoms with Crippen molar-refractivity contribution < 1.29 is 26.7 Å². The van der Waals surface area contributed by atoms with E-state index in [9.17, 15) is 26.7 Å². The Hall–Kier alpha value is -3.28. The van der Waals surface area contributed by atoms with Gasteiger partial charge >= 0.3 is 0 Å². The van der Waals surface area contributed by atoms with Gasteiger partial charge in [-0.2, -0.15) is 0 Å². The lowest BCUT2D eigenvalue weighted by Gasteiger charge is -2.34. The van der Waals surface area contributed by atoms with Crippen LogP contribution in [0.25, 0.3) is 5.65 Å².